The average molecular weight is 247 g/mol. The van der Waals surface area contributed by atoms with Gasteiger partial charge in [-0.15, -0.1) is 0 Å². The molecule has 96 valence electrons. The van der Waals surface area contributed by atoms with Gasteiger partial charge in [-0.05, 0) is 0 Å². The molecule has 0 aromatic carbocycles. The van der Waals surface area contributed by atoms with E-state index < -0.39 is 30.2 Å². The Morgan fingerprint density at radius 2 is 2.00 bits per heavy atom. The van der Waals surface area contributed by atoms with Gasteiger partial charge in [0.05, 0.1) is 19.8 Å². The molecular weight excluding hydrogens is 234 g/mol. The fourth-order valence-corrected chi connectivity index (χ4v) is 1.61. The van der Waals surface area contributed by atoms with Gasteiger partial charge in [0.25, 0.3) is 0 Å². The summed E-state index contributed by atoms with van der Waals surface area (Å²) in [5.41, 5.74) is 0. The highest BCUT2D eigenvalue weighted by molar-refractivity contribution is 5.80. The van der Waals surface area contributed by atoms with Crippen molar-refractivity contribution in [3.05, 3.63) is 0 Å². The van der Waals surface area contributed by atoms with Crippen molar-refractivity contribution in [2.45, 2.75) is 18.6 Å². The maximum atomic E-state index is 10.8. The Bertz CT molecular complexity index is 307. The van der Waals surface area contributed by atoms with Crippen molar-refractivity contribution in [1.29, 1.82) is 0 Å². The van der Waals surface area contributed by atoms with Crippen LogP contribution in [-0.4, -0.2) is 65.6 Å². The standard InChI is InChI=1S/C9H13NO7/c1-16-7(11)4-17-5-2-6(8(12)13)10(3-5)9(14)15/h5-6H,2-4H2,1H3,(H,12,13)(H,14,15)/t5-,6-/m1/s1. The summed E-state index contributed by atoms with van der Waals surface area (Å²) in [7, 11) is 1.20. The van der Waals surface area contributed by atoms with Gasteiger partial charge in [0, 0.05) is 6.42 Å². The summed E-state index contributed by atoms with van der Waals surface area (Å²) in [6, 6.07) is -1.13. The molecule has 0 aromatic heterocycles. The Morgan fingerprint density at radius 3 is 2.41 bits per heavy atom. The van der Waals surface area contributed by atoms with Crippen LogP contribution in [0.5, 0.6) is 0 Å². The number of nitrogens with zero attached hydrogens (tertiary/aromatic N) is 1. The number of methoxy groups -OCH3 is 1. The Hall–Kier alpha value is -1.83. The number of hydrogen-bond acceptors (Lipinski definition) is 5. The van der Waals surface area contributed by atoms with Crippen LogP contribution in [-0.2, 0) is 19.1 Å². The van der Waals surface area contributed by atoms with E-state index in [-0.39, 0.29) is 19.6 Å². The number of carboxylic acid groups (broad SMARTS) is 2. The van der Waals surface area contributed by atoms with Crippen molar-refractivity contribution in [3.63, 3.8) is 0 Å². The number of carboxylic acids is 1. The monoisotopic (exact) mass is 247 g/mol. The minimum Gasteiger partial charge on any atom is -0.480 e. The third-order valence-electron chi connectivity index (χ3n) is 2.46. The largest absolute Gasteiger partial charge is 0.480 e. The fraction of sp³-hybridized carbons (Fsp3) is 0.667. The van der Waals surface area contributed by atoms with Crippen LogP contribution in [0.1, 0.15) is 6.42 Å². The molecule has 0 unspecified atom stereocenters. The van der Waals surface area contributed by atoms with Crippen LogP contribution < -0.4 is 0 Å². The van der Waals surface area contributed by atoms with Gasteiger partial charge in [0.1, 0.15) is 12.6 Å². The van der Waals surface area contributed by atoms with Crippen LogP contribution in [0.25, 0.3) is 0 Å². The zero-order valence-electron chi connectivity index (χ0n) is 9.16. The summed E-state index contributed by atoms with van der Waals surface area (Å²) < 4.78 is 9.42. The first kappa shape index (κ1) is 13.2. The van der Waals surface area contributed by atoms with E-state index in [2.05, 4.69) is 4.74 Å². The Morgan fingerprint density at radius 1 is 1.35 bits per heavy atom. The predicted octanol–water partition coefficient (Wildman–Crippen LogP) is -0.618. The van der Waals surface area contributed by atoms with Crippen LogP contribution in [0.2, 0.25) is 0 Å². The molecule has 0 spiro atoms. The second-order valence-electron chi connectivity index (χ2n) is 3.53. The third kappa shape index (κ3) is 3.31. The lowest BCUT2D eigenvalue weighted by atomic mass is 10.2. The molecule has 1 heterocycles. The van der Waals surface area contributed by atoms with Crippen LogP contribution >= 0.6 is 0 Å². The van der Waals surface area contributed by atoms with E-state index >= 15 is 0 Å². The van der Waals surface area contributed by atoms with Gasteiger partial charge in [-0.3, -0.25) is 4.90 Å². The Balaban J connectivity index is 2.54. The molecule has 8 nitrogen and oxygen atoms in total. The lowest BCUT2D eigenvalue weighted by Crippen LogP contribution is -2.39. The quantitative estimate of drug-likeness (QED) is 0.636. The summed E-state index contributed by atoms with van der Waals surface area (Å²) in [6.45, 7) is -0.385. The van der Waals surface area contributed by atoms with Crippen molar-refractivity contribution >= 4 is 18.0 Å². The molecule has 0 aromatic rings. The zero-order chi connectivity index (χ0) is 13.0. The van der Waals surface area contributed by atoms with Crippen LogP contribution in [0.4, 0.5) is 4.79 Å². The van der Waals surface area contributed by atoms with E-state index in [1.807, 2.05) is 0 Å². The molecule has 2 atom stereocenters. The summed E-state index contributed by atoms with van der Waals surface area (Å²) in [4.78, 5) is 33.2. The molecule has 0 radical (unpaired) electrons. The molecule has 1 aliphatic rings. The fourth-order valence-electron chi connectivity index (χ4n) is 1.61. The Kier molecular flexibility index (Phi) is 4.27. The van der Waals surface area contributed by atoms with Gasteiger partial charge < -0.3 is 19.7 Å². The normalized spacial score (nSPS) is 23.5. The third-order valence-corrected chi connectivity index (χ3v) is 2.46. The van der Waals surface area contributed by atoms with Crippen molar-refractivity contribution in [1.82, 2.24) is 4.90 Å². The van der Waals surface area contributed by atoms with Gasteiger partial charge >= 0.3 is 18.0 Å². The predicted molar refractivity (Wildman–Crippen MR) is 52.5 cm³/mol. The molecule has 1 fully saturated rings. The van der Waals surface area contributed by atoms with Gasteiger partial charge in [-0.25, -0.2) is 14.4 Å². The number of hydrogen-bond donors (Lipinski definition) is 2. The number of esters is 1. The first-order valence-corrected chi connectivity index (χ1v) is 4.86. The van der Waals surface area contributed by atoms with E-state index in [4.69, 9.17) is 14.9 Å². The number of rotatable bonds is 4. The smallest absolute Gasteiger partial charge is 0.408 e. The number of carbonyl (C=O) groups is 3. The summed E-state index contributed by atoms with van der Waals surface area (Å²) in [6.07, 6.45) is -1.90. The van der Waals surface area contributed by atoms with Gasteiger partial charge in [-0.1, -0.05) is 0 Å². The minimum absolute atomic E-state index is 0.0264. The minimum atomic E-state index is -1.32. The summed E-state index contributed by atoms with van der Waals surface area (Å²) in [5.74, 6) is -1.82. The van der Waals surface area contributed by atoms with E-state index in [0.717, 1.165) is 4.90 Å². The van der Waals surface area contributed by atoms with Crippen LogP contribution in [0, 0.1) is 0 Å². The van der Waals surface area contributed by atoms with E-state index in [0.29, 0.717) is 0 Å². The molecule has 0 aliphatic carbocycles. The van der Waals surface area contributed by atoms with Gasteiger partial charge in [0.15, 0.2) is 0 Å². The summed E-state index contributed by atoms with van der Waals surface area (Å²) >= 11 is 0. The molecule has 1 amide bonds. The number of likely N-dealkylation sites (tertiary alicyclic amines) is 1. The first-order valence-electron chi connectivity index (χ1n) is 4.86. The second kappa shape index (κ2) is 5.48. The van der Waals surface area contributed by atoms with Gasteiger partial charge in [-0.2, -0.15) is 0 Å². The highest BCUT2D eigenvalue weighted by Gasteiger charge is 2.40. The molecule has 0 saturated carbocycles. The van der Waals surface area contributed by atoms with E-state index in [1.54, 1.807) is 0 Å². The maximum Gasteiger partial charge on any atom is 0.408 e. The number of ether oxygens (including phenoxy) is 2. The molecule has 1 aliphatic heterocycles. The maximum absolute atomic E-state index is 10.8. The molecule has 1 rings (SSSR count). The van der Waals surface area contributed by atoms with E-state index in [1.165, 1.54) is 7.11 Å². The molecular formula is C9H13NO7. The zero-order valence-corrected chi connectivity index (χ0v) is 9.16. The summed E-state index contributed by atoms with van der Waals surface area (Å²) in [5, 5.41) is 17.6. The molecule has 0 bridgehead atoms. The lowest BCUT2D eigenvalue weighted by molar-refractivity contribution is -0.147. The topological polar surface area (TPSA) is 113 Å². The molecule has 1 saturated heterocycles. The van der Waals surface area contributed by atoms with Crippen molar-refractivity contribution in [3.8, 4) is 0 Å². The van der Waals surface area contributed by atoms with E-state index in [9.17, 15) is 14.4 Å². The Labute approximate surface area is 96.7 Å². The van der Waals surface area contributed by atoms with Crippen molar-refractivity contribution < 1.29 is 34.1 Å². The molecule has 2 N–H and O–H groups in total. The highest BCUT2D eigenvalue weighted by atomic mass is 16.6. The first-order chi connectivity index (χ1) is 7.95. The SMILES string of the molecule is COC(=O)CO[C@@H]1C[C@H](C(=O)O)N(C(=O)O)C1. The molecule has 8 heteroatoms. The molecule has 17 heavy (non-hydrogen) atoms. The second-order valence-corrected chi connectivity index (χ2v) is 3.53. The number of aliphatic carboxylic acids is 1. The number of amides is 1. The number of carbonyl (C=O) groups excluding carboxylic acids is 1. The highest BCUT2D eigenvalue weighted by Crippen LogP contribution is 2.20. The van der Waals surface area contributed by atoms with Crippen molar-refractivity contribution in [2.75, 3.05) is 20.3 Å². The van der Waals surface area contributed by atoms with Gasteiger partial charge in [0.2, 0.25) is 0 Å². The van der Waals surface area contributed by atoms with Crippen LogP contribution in [0.3, 0.4) is 0 Å². The van der Waals surface area contributed by atoms with Crippen molar-refractivity contribution in [2.24, 2.45) is 0 Å². The van der Waals surface area contributed by atoms with Crippen LogP contribution in [0.15, 0.2) is 0 Å². The average Bonchev–Trinajstić information content (AvgIpc) is 2.70. The lowest BCUT2D eigenvalue weighted by Gasteiger charge is -2.16.